The highest BCUT2D eigenvalue weighted by atomic mass is 16.2. The van der Waals surface area contributed by atoms with Crippen molar-refractivity contribution in [1.29, 1.82) is 0 Å². The van der Waals surface area contributed by atoms with Gasteiger partial charge in [-0.1, -0.05) is 30.3 Å². The van der Waals surface area contributed by atoms with Crippen molar-refractivity contribution in [1.82, 2.24) is 14.7 Å². The zero-order valence-electron chi connectivity index (χ0n) is 19.3. The highest BCUT2D eigenvalue weighted by molar-refractivity contribution is 6.07. The molecular formula is C27H31N3O4. The highest BCUT2D eigenvalue weighted by Crippen LogP contribution is 2.57. The average molecular weight is 462 g/mol. The second-order valence-electron chi connectivity index (χ2n) is 11.6. The van der Waals surface area contributed by atoms with Gasteiger partial charge in [-0.05, 0) is 67.8 Å². The predicted molar refractivity (Wildman–Crippen MR) is 121 cm³/mol. The molecule has 4 saturated carbocycles. The summed E-state index contributed by atoms with van der Waals surface area (Å²) in [5.41, 5.74) is 1.03. The number of benzene rings is 1. The Labute approximate surface area is 199 Å². The molecule has 4 bridgehead atoms. The van der Waals surface area contributed by atoms with Crippen LogP contribution in [0.4, 0.5) is 0 Å². The molecular weight excluding hydrogens is 430 g/mol. The van der Waals surface area contributed by atoms with Crippen molar-refractivity contribution < 1.29 is 19.2 Å². The maximum absolute atomic E-state index is 13.3. The van der Waals surface area contributed by atoms with Crippen LogP contribution >= 0.6 is 0 Å². The van der Waals surface area contributed by atoms with Gasteiger partial charge in [-0.3, -0.25) is 33.9 Å². The average Bonchev–Trinajstić information content (AvgIpc) is 3.68. The lowest BCUT2D eigenvalue weighted by atomic mass is 9.81. The fraction of sp³-hybridized carbons (Fsp3) is 0.630. The van der Waals surface area contributed by atoms with Crippen LogP contribution in [0, 0.1) is 47.3 Å². The maximum atomic E-state index is 13.3. The fourth-order valence-corrected chi connectivity index (χ4v) is 8.61. The van der Waals surface area contributed by atoms with Crippen molar-refractivity contribution in [2.45, 2.75) is 45.1 Å². The molecule has 8 atom stereocenters. The lowest BCUT2D eigenvalue weighted by molar-refractivity contribution is -0.146. The van der Waals surface area contributed by atoms with E-state index in [-0.39, 0.29) is 60.6 Å². The molecule has 1 aromatic rings. The number of amides is 4. The van der Waals surface area contributed by atoms with E-state index in [1.165, 1.54) is 9.80 Å². The molecule has 0 radical (unpaired) electrons. The Hall–Kier alpha value is -2.54. The Bertz CT molecular complexity index is 953. The molecule has 7 heteroatoms. The molecule has 0 unspecified atom stereocenters. The molecule has 0 spiro atoms. The Balaban J connectivity index is 1.14. The second kappa shape index (κ2) is 7.48. The molecule has 4 amide bonds. The van der Waals surface area contributed by atoms with Crippen LogP contribution in [0.1, 0.15) is 44.1 Å². The van der Waals surface area contributed by atoms with Crippen LogP contribution < -0.4 is 0 Å². The topological polar surface area (TPSA) is 78.0 Å². The van der Waals surface area contributed by atoms with E-state index in [0.29, 0.717) is 30.2 Å². The van der Waals surface area contributed by atoms with Crippen molar-refractivity contribution in [2.24, 2.45) is 47.3 Å². The van der Waals surface area contributed by atoms with Gasteiger partial charge in [0.25, 0.3) is 0 Å². The molecule has 1 aromatic carbocycles. The van der Waals surface area contributed by atoms with Gasteiger partial charge in [-0.25, -0.2) is 0 Å². The monoisotopic (exact) mass is 461 g/mol. The van der Waals surface area contributed by atoms with Crippen LogP contribution in [0.5, 0.6) is 0 Å². The molecule has 6 fully saturated rings. The molecule has 2 saturated heterocycles. The third-order valence-electron chi connectivity index (χ3n) is 9.97. The number of hydrogen-bond acceptors (Lipinski definition) is 5. The van der Waals surface area contributed by atoms with Crippen LogP contribution in [-0.2, 0) is 25.7 Å². The first-order chi connectivity index (χ1) is 16.5. The van der Waals surface area contributed by atoms with Crippen molar-refractivity contribution in [3.63, 3.8) is 0 Å². The molecule has 2 aliphatic heterocycles. The first-order valence-corrected chi connectivity index (χ1v) is 13.0. The summed E-state index contributed by atoms with van der Waals surface area (Å²) in [6, 6.07) is 9.85. The molecule has 0 N–H and O–H groups in total. The van der Waals surface area contributed by atoms with E-state index in [2.05, 4.69) is 0 Å². The summed E-state index contributed by atoms with van der Waals surface area (Å²) in [4.78, 5) is 58.1. The summed E-state index contributed by atoms with van der Waals surface area (Å²) in [5, 5.41) is 0. The smallest absolute Gasteiger partial charge is 0.234 e. The minimum atomic E-state index is -0.158. The maximum Gasteiger partial charge on any atom is 0.234 e. The minimum Gasteiger partial charge on any atom is -0.274 e. The summed E-state index contributed by atoms with van der Waals surface area (Å²) in [5.74, 6) is 0.555. The Morgan fingerprint density at radius 2 is 1.00 bits per heavy atom. The number of nitrogens with zero attached hydrogens (tertiary/aromatic N) is 3. The second-order valence-corrected chi connectivity index (χ2v) is 11.6. The van der Waals surface area contributed by atoms with Gasteiger partial charge in [0.15, 0.2) is 0 Å². The molecule has 6 aliphatic rings. The van der Waals surface area contributed by atoms with E-state index in [0.717, 1.165) is 44.1 Å². The number of rotatable bonds is 6. The SMILES string of the molecule is O=C1[C@@H]2[C@H]3CC[C@@H](C3)[C@H]2C(=O)N1CN(Cc1ccccc1)CN1C(=O)[C@@H]2[C@H]3CC[C@@H](C3)[C@H]2C1=O. The fourth-order valence-electron chi connectivity index (χ4n) is 8.61. The number of carbonyl (C=O) groups excluding carboxylic acids is 4. The molecule has 2 heterocycles. The van der Waals surface area contributed by atoms with Crippen molar-refractivity contribution in [2.75, 3.05) is 13.3 Å². The lowest BCUT2D eigenvalue weighted by Crippen LogP contribution is -2.48. The zero-order chi connectivity index (χ0) is 23.1. The molecule has 34 heavy (non-hydrogen) atoms. The Morgan fingerprint density at radius 3 is 1.38 bits per heavy atom. The third kappa shape index (κ3) is 2.85. The van der Waals surface area contributed by atoms with Gasteiger partial charge in [0, 0.05) is 6.54 Å². The molecule has 0 aromatic heterocycles. The number of imide groups is 2. The van der Waals surface area contributed by atoms with Gasteiger partial charge in [-0.15, -0.1) is 0 Å². The molecule has 4 aliphatic carbocycles. The van der Waals surface area contributed by atoms with Gasteiger partial charge in [0.05, 0.1) is 37.0 Å². The van der Waals surface area contributed by atoms with E-state index >= 15 is 0 Å². The third-order valence-corrected chi connectivity index (χ3v) is 9.97. The molecule has 7 rings (SSSR count). The Morgan fingerprint density at radius 1 is 0.618 bits per heavy atom. The van der Waals surface area contributed by atoms with Crippen molar-refractivity contribution >= 4 is 23.6 Å². The first kappa shape index (κ1) is 20.8. The highest BCUT2D eigenvalue weighted by Gasteiger charge is 2.62. The normalized spacial score (nSPS) is 39.8. The van der Waals surface area contributed by atoms with Gasteiger partial charge < -0.3 is 0 Å². The van der Waals surface area contributed by atoms with E-state index in [1.54, 1.807) is 0 Å². The molecule has 7 nitrogen and oxygen atoms in total. The van der Waals surface area contributed by atoms with Crippen molar-refractivity contribution in [3.8, 4) is 0 Å². The minimum absolute atomic E-state index is 0.0470. The van der Waals surface area contributed by atoms with Crippen LogP contribution in [-0.4, -0.2) is 51.7 Å². The van der Waals surface area contributed by atoms with Crippen LogP contribution in [0.25, 0.3) is 0 Å². The molecule has 178 valence electrons. The van der Waals surface area contributed by atoms with Crippen molar-refractivity contribution in [3.05, 3.63) is 35.9 Å². The summed E-state index contributed by atoms with van der Waals surface area (Å²) >= 11 is 0. The van der Waals surface area contributed by atoms with Crippen LogP contribution in [0.2, 0.25) is 0 Å². The standard InChI is InChI=1S/C27H31N3O4/c31-24-20-16-6-7-17(10-16)21(20)25(32)29(24)13-28(12-15-4-2-1-3-5-15)14-30-26(33)22-18-8-9-19(11-18)23(22)27(30)34/h1-5,16-23H,6-14H2/t16-,17-,18-,19-,20+,21+,22+,23+/m0/s1. The van der Waals surface area contributed by atoms with E-state index in [4.69, 9.17) is 0 Å². The van der Waals surface area contributed by atoms with Crippen LogP contribution in [0.15, 0.2) is 30.3 Å². The van der Waals surface area contributed by atoms with Gasteiger partial charge >= 0.3 is 0 Å². The van der Waals surface area contributed by atoms with Crippen LogP contribution in [0.3, 0.4) is 0 Å². The predicted octanol–water partition coefficient (Wildman–Crippen LogP) is 2.47. The summed E-state index contributed by atoms with van der Waals surface area (Å²) in [6.07, 6.45) is 6.22. The number of carbonyl (C=O) groups is 4. The number of hydrogen-bond donors (Lipinski definition) is 0. The van der Waals surface area contributed by atoms with E-state index < -0.39 is 0 Å². The summed E-state index contributed by atoms with van der Waals surface area (Å²) < 4.78 is 0. The van der Waals surface area contributed by atoms with E-state index in [1.807, 2.05) is 35.2 Å². The quantitative estimate of drug-likeness (QED) is 0.609. The number of fused-ring (bicyclic) bond motifs is 10. The summed E-state index contributed by atoms with van der Waals surface area (Å²) in [6.45, 7) is 0.746. The Kier molecular flexibility index (Phi) is 4.57. The summed E-state index contributed by atoms with van der Waals surface area (Å²) in [7, 11) is 0. The lowest BCUT2D eigenvalue weighted by Gasteiger charge is -2.31. The van der Waals surface area contributed by atoms with Gasteiger partial charge in [0.2, 0.25) is 23.6 Å². The van der Waals surface area contributed by atoms with Gasteiger partial charge in [-0.2, -0.15) is 0 Å². The van der Waals surface area contributed by atoms with E-state index in [9.17, 15) is 19.2 Å². The number of likely N-dealkylation sites (tertiary alicyclic amines) is 2. The first-order valence-electron chi connectivity index (χ1n) is 13.0. The zero-order valence-corrected chi connectivity index (χ0v) is 19.3. The largest absolute Gasteiger partial charge is 0.274 e. The van der Waals surface area contributed by atoms with Gasteiger partial charge in [0.1, 0.15) is 0 Å².